The highest BCUT2D eigenvalue weighted by Crippen LogP contribution is 2.27. The SMILES string of the molecule is O=C(C1CCN(CC2CCN2)C1)N1CCn2c(cc3cc(Cl)cnc32)C1. The lowest BCUT2D eigenvalue weighted by atomic mass is 10.1. The van der Waals surface area contributed by atoms with Gasteiger partial charge in [-0.1, -0.05) is 11.6 Å². The van der Waals surface area contributed by atoms with Crippen LogP contribution in [0.5, 0.6) is 0 Å². The molecular weight excluding hydrogens is 350 g/mol. The van der Waals surface area contributed by atoms with Crippen LogP contribution in [0.15, 0.2) is 18.3 Å². The molecule has 6 nitrogen and oxygen atoms in total. The maximum absolute atomic E-state index is 13.0. The van der Waals surface area contributed by atoms with E-state index in [9.17, 15) is 4.79 Å². The van der Waals surface area contributed by atoms with Crippen LogP contribution in [0.3, 0.4) is 0 Å². The molecule has 5 heterocycles. The normalized spacial score (nSPS) is 26.1. The van der Waals surface area contributed by atoms with Crippen molar-refractivity contribution in [1.82, 2.24) is 24.7 Å². The largest absolute Gasteiger partial charge is 0.335 e. The Balaban J connectivity index is 1.27. The molecule has 3 aliphatic heterocycles. The topological polar surface area (TPSA) is 53.4 Å². The Hall–Kier alpha value is -1.63. The maximum atomic E-state index is 13.0. The van der Waals surface area contributed by atoms with Crippen LogP contribution in [-0.2, 0) is 17.9 Å². The van der Waals surface area contributed by atoms with Crippen LogP contribution in [0.25, 0.3) is 11.0 Å². The zero-order chi connectivity index (χ0) is 17.7. The molecule has 1 amide bonds. The molecule has 3 aliphatic rings. The monoisotopic (exact) mass is 373 g/mol. The van der Waals surface area contributed by atoms with Crippen molar-refractivity contribution in [2.24, 2.45) is 5.92 Å². The van der Waals surface area contributed by atoms with Gasteiger partial charge in [-0.25, -0.2) is 4.98 Å². The minimum absolute atomic E-state index is 0.151. The van der Waals surface area contributed by atoms with Gasteiger partial charge in [0.25, 0.3) is 0 Å². The van der Waals surface area contributed by atoms with Gasteiger partial charge in [-0.15, -0.1) is 0 Å². The molecule has 0 spiro atoms. The highest BCUT2D eigenvalue weighted by atomic mass is 35.5. The molecule has 26 heavy (non-hydrogen) atoms. The molecule has 0 aliphatic carbocycles. The number of nitrogens with zero attached hydrogens (tertiary/aromatic N) is 4. The number of carbonyl (C=O) groups is 1. The average Bonchev–Trinajstić information content (AvgIpc) is 3.20. The van der Waals surface area contributed by atoms with Crippen LogP contribution in [0.4, 0.5) is 0 Å². The smallest absolute Gasteiger partial charge is 0.227 e. The van der Waals surface area contributed by atoms with E-state index in [4.69, 9.17) is 11.6 Å². The lowest BCUT2D eigenvalue weighted by Crippen LogP contribution is -2.50. The Morgan fingerprint density at radius 1 is 1.27 bits per heavy atom. The van der Waals surface area contributed by atoms with Gasteiger partial charge in [-0.2, -0.15) is 0 Å². The number of hydrogen-bond acceptors (Lipinski definition) is 4. The summed E-state index contributed by atoms with van der Waals surface area (Å²) in [5.74, 6) is 0.468. The van der Waals surface area contributed by atoms with Gasteiger partial charge in [0.1, 0.15) is 5.65 Å². The molecule has 2 aromatic heterocycles. The van der Waals surface area contributed by atoms with Crippen molar-refractivity contribution in [1.29, 1.82) is 0 Å². The minimum atomic E-state index is 0.151. The summed E-state index contributed by atoms with van der Waals surface area (Å²) >= 11 is 6.07. The van der Waals surface area contributed by atoms with Gasteiger partial charge in [0, 0.05) is 49.5 Å². The Bertz CT molecular complexity index is 846. The Morgan fingerprint density at radius 3 is 2.96 bits per heavy atom. The number of aromatic nitrogens is 2. The third-order valence-electron chi connectivity index (χ3n) is 6.07. The van der Waals surface area contributed by atoms with E-state index in [0.717, 1.165) is 62.4 Å². The van der Waals surface area contributed by atoms with Crippen LogP contribution in [0, 0.1) is 5.92 Å². The minimum Gasteiger partial charge on any atom is -0.335 e. The summed E-state index contributed by atoms with van der Waals surface area (Å²) < 4.78 is 2.22. The Labute approximate surface area is 158 Å². The van der Waals surface area contributed by atoms with Crippen LogP contribution >= 0.6 is 11.6 Å². The first-order valence-corrected chi connectivity index (χ1v) is 9.93. The zero-order valence-electron chi connectivity index (χ0n) is 14.8. The van der Waals surface area contributed by atoms with E-state index in [1.807, 2.05) is 11.0 Å². The summed E-state index contributed by atoms with van der Waals surface area (Å²) in [6, 6.07) is 4.70. The van der Waals surface area contributed by atoms with Crippen molar-refractivity contribution < 1.29 is 4.79 Å². The first kappa shape index (κ1) is 16.5. The van der Waals surface area contributed by atoms with Crippen molar-refractivity contribution >= 4 is 28.5 Å². The Kier molecular flexibility index (Phi) is 4.14. The Morgan fingerprint density at radius 2 is 2.15 bits per heavy atom. The summed E-state index contributed by atoms with van der Waals surface area (Å²) in [5.41, 5.74) is 2.12. The molecule has 2 fully saturated rings. The van der Waals surface area contributed by atoms with E-state index >= 15 is 0 Å². The van der Waals surface area contributed by atoms with Gasteiger partial charge in [-0.3, -0.25) is 4.79 Å². The number of hydrogen-bond donors (Lipinski definition) is 1. The summed E-state index contributed by atoms with van der Waals surface area (Å²) in [6.07, 6.45) is 3.95. The number of amides is 1. The fourth-order valence-electron chi connectivity index (χ4n) is 4.51. The number of nitrogens with one attached hydrogen (secondary N) is 1. The lowest BCUT2D eigenvalue weighted by Gasteiger charge is -2.32. The molecule has 7 heteroatoms. The first-order valence-electron chi connectivity index (χ1n) is 9.55. The molecule has 2 aromatic rings. The van der Waals surface area contributed by atoms with Crippen molar-refractivity contribution in [3.8, 4) is 0 Å². The van der Waals surface area contributed by atoms with E-state index in [-0.39, 0.29) is 5.92 Å². The van der Waals surface area contributed by atoms with Gasteiger partial charge >= 0.3 is 0 Å². The highest BCUT2D eigenvalue weighted by Gasteiger charge is 2.34. The summed E-state index contributed by atoms with van der Waals surface area (Å²) in [5, 5.41) is 5.16. The van der Waals surface area contributed by atoms with E-state index in [1.54, 1.807) is 6.20 Å². The van der Waals surface area contributed by atoms with Crippen molar-refractivity contribution in [2.45, 2.75) is 32.0 Å². The van der Waals surface area contributed by atoms with Crippen LogP contribution in [0.1, 0.15) is 18.5 Å². The van der Waals surface area contributed by atoms with Crippen LogP contribution < -0.4 is 5.32 Å². The van der Waals surface area contributed by atoms with Crippen molar-refractivity contribution in [3.05, 3.63) is 29.0 Å². The fraction of sp³-hybridized carbons (Fsp3) is 0.579. The van der Waals surface area contributed by atoms with E-state index in [2.05, 4.69) is 25.8 Å². The number of carbonyl (C=O) groups excluding carboxylic acids is 1. The van der Waals surface area contributed by atoms with Crippen molar-refractivity contribution in [3.63, 3.8) is 0 Å². The second-order valence-electron chi connectivity index (χ2n) is 7.80. The third kappa shape index (κ3) is 2.90. The molecule has 2 atom stereocenters. The van der Waals surface area contributed by atoms with Gasteiger partial charge in [0.15, 0.2) is 0 Å². The number of likely N-dealkylation sites (tertiary alicyclic amines) is 1. The number of pyridine rings is 1. The quantitative estimate of drug-likeness (QED) is 0.890. The predicted octanol–water partition coefficient (Wildman–Crippen LogP) is 1.72. The predicted molar refractivity (Wildman–Crippen MR) is 101 cm³/mol. The lowest BCUT2D eigenvalue weighted by molar-refractivity contribution is -0.136. The third-order valence-corrected chi connectivity index (χ3v) is 6.28. The molecule has 2 unspecified atom stereocenters. The molecule has 5 rings (SSSR count). The van der Waals surface area contributed by atoms with Crippen LogP contribution in [-0.4, -0.2) is 64.0 Å². The maximum Gasteiger partial charge on any atom is 0.227 e. The van der Waals surface area contributed by atoms with Crippen LogP contribution in [0.2, 0.25) is 5.02 Å². The number of halogens is 1. The van der Waals surface area contributed by atoms with Gasteiger partial charge < -0.3 is 19.7 Å². The second-order valence-corrected chi connectivity index (χ2v) is 8.23. The van der Waals surface area contributed by atoms with E-state index in [1.165, 1.54) is 6.42 Å². The molecule has 1 N–H and O–H groups in total. The van der Waals surface area contributed by atoms with Crippen molar-refractivity contribution in [2.75, 3.05) is 32.7 Å². The molecule has 0 bridgehead atoms. The fourth-order valence-corrected chi connectivity index (χ4v) is 4.68. The molecule has 0 radical (unpaired) electrons. The number of rotatable bonds is 3. The van der Waals surface area contributed by atoms with Gasteiger partial charge in [0.2, 0.25) is 5.91 Å². The molecule has 0 aromatic carbocycles. The van der Waals surface area contributed by atoms with Gasteiger partial charge in [-0.05, 0) is 38.1 Å². The molecule has 2 saturated heterocycles. The highest BCUT2D eigenvalue weighted by molar-refractivity contribution is 6.31. The van der Waals surface area contributed by atoms with Gasteiger partial charge in [0.05, 0.1) is 17.5 Å². The number of fused-ring (bicyclic) bond motifs is 3. The average molecular weight is 374 g/mol. The summed E-state index contributed by atoms with van der Waals surface area (Å²) in [7, 11) is 0. The summed E-state index contributed by atoms with van der Waals surface area (Å²) in [4.78, 5) is 22.0. The molecule has 0 saturated carbocycles. The second kappa shape index (κ2) is 6.51. The molecule has 138 valence electrons. The standard InChI is InChI=1S/C19H24ClN5O/c20-15-7-14-8-17-12-24(5-6-25(17)18(14)22-9-15)19(26)13-2-4-23(10-13)11-16-1-3-21-16/h7-9,13,16,21H,1-6,10-12H2. The van der Waals surface area contributed by atoms with E-state index in [0.29, 0.717) is 23.5 Å². The molecular formula is C19H24ClN5O. The first-order chi connectivity index (χ1) is 12.7. The van der Waals surface area contributed by atoms with E-state index < -0.39 is 0 Å². The summed E-state index contributed by atoms with van der Waals surface area (Å²) in [6.45, 7) is 6.43. The zero-order valence-corrected chi connectivity index (χ0v) is 15.6.